The maximum Gasteiger partial charge on any atom is 0.233 e. The van der Waals surface area contributed by atoms with Gasteiger partial charge < -0.3 is 0 Å². The predicted octanol–water partition coefficient (Wildman–Crippen LogP) is 1.21. The van der Waals surface area contributed by atoms with Gasteiger partial charge in [0.05, 0.1) is 11.8 Å². The Morgan fingerprint density at radius 1 is 1.24 bits per heavy atom. The largest absolute Gasteiger partial charge is 0.281 e. The van der Waals surface area contributed by atoms with E-state index in [0.29, 0.717) is 24.8 Å². The van der Waals surface area contributed by atoms with Gasteiger partial charge in [0.25, 0.3) is 0 Å². The van der Waals surface area contributed by atoms with Crippen LogP contribution in [0.5, 0.6) is 0 Å². The number of rotatable bonds is 2. The van der Waals surface area contributed by atoms with Crippen LogP contribution in [-0.4, -0.2) is 23.3 Å². The molecule has 4 atom stereocenters. The molecular weight excluding hydrogens is 214 g/mol. The first-order chi connectivity index (χ1) is 8.24. The van der Waals surface area contributed by atoms with E-state index in [1.54, 1.807) is 6.92 Å². The number of amides is 2. The Morgan fingerprint density at radius 2 is 1.82 bits per heavy atom. The van der Waals surface area contributed by atoms with Gasteiger partial charge in [-0.15, -0.1) is 11.8 Å². The molecule has 3 aliphatic rings. The molecule has 2 amide bonds. The second-order valence-electron chi connectivity index (χ2n) is 5.00. The van der Waals surface area contributed by atoms with Crippen molar-refractivity contribution in [3.8, 4) is 11.8 Å². The quantitative estimate of drug-likeness (QED) is 0.405. The van der Waals surface area contributed by atoms with Crippen LogP contribution in [0.4, 0.5) is 0 Å². The first-order valence-corrected chi connectivity index (χ1v) is 6.17. The predicted molar refractivity (Wildman–Crippen MR) is 62.5 cm³/mol. The number of nitrogens with zero attached hydrogens (tertiary/aromatic N) is 1. The van der Waals surface area contributed by atoms with Crippen LogP contribution in [0, 0.1) is 35.5 Å². The van der Waals surface area contributed by atoms with Gasteiger partial charge in [-0.3, -0.25) is 14.5 Å². The summed E-state index contributed by atoms with van der Waals surface area (Å²) in [6.45, 7) is 2.23. The van der Waals surface area contributed by atoms with Crippen LogP contribution in [-0.2, 0) is 9.59 Å². The summed E-state index contributed by atoms with van der Waals surface area (Å²) in [5.41, 5.74) is 0. The molecule has 3 heteroatoms. The first kappa shape index (κ1) is 10.6. The average Bonchev–Trinajstić information content (AvgIpc) is 2.97. The van der Waals surface area contributed by atoms with Crippen molar-refractivity contribution in [2.75, 3.05) is 6.54 Å². The number of likely N-dealkylation sites (tertiary alicyclic amines) is 1. The minimum absolute atomic E-state index is 0.0368. The third-order valence-electron chi connectivity index (χ3n) is 4.20. The number of hydrogen-bond donors (Lipinski definition) is 0. The van der Waals surface area contributed by atoms with Crippen LogP contribution in [0.2, 0.25) is 0 Å². The van der Waals surface area contributed by atoms with Crippen LogP contribution in [0.1, 0.15) is 19.8 Å². The molecule has 1 aliphatic heterocycles. The molecule has 88 valence electrons. The van der Waals surface area contributed by atoms with Crippen molar-refractivity contribution in [2.24, 2.45) is 23.7 Å². The van der Waals surface area contributed by atoms with Gasteiger partial charge in [-0.1, -0.05) is 12.2 Å². The molecule has 1 saturated carbocycles. The standard InChI is InChI=1S/C14H15NO2/c1-2-3-4-7-15-13(16)11-9-5-6-10(8-9)12(11)14(15)17/h5-6,9-12H,4,7-8H2,1H3. The monoisotopic (exact) mass is 229 g/mol. The normalized spacial score (nSPS) is 37.4. The lowest BCUT2D eigenvalue weighted by Gasteiger charge is -2.15. The van der Waals surface area contributed by atoms with Gasteiger partial charge in [0.2, 0.25) is 11.8 Å². The lowest BCUT2D eigenvalue weighted by molar-refractivity contribution is -0.140. The van der Waals surface area contributed by atoms with E-state index in [0.717, 1.165) is 6.42 Å². The summed E-state index contributed by atoms with van der Waals surface area (Å²) in [7, 11) is 0. The number of carbonyl (C=O) groups is 2. The third-order valence-corrected chi connectivity index (χ3v) is 4.20. The smallest absolute Gasteiger partial charge is 0.233 e. The molecule has 0 radical (unpaired) electrons. The van der Waals surface area contributed by atoms with Crippen molar-refractivity contribution in [1.82, 2.24) is 4.90 Å². The Balaban J connectivity index is 1.79. The molecule has 4 unspecified atom stereocenters. The summed E-state index contributed by atoms with van der Waals surface area (Å²) in [5.74, 6) is 6.26. The average molecular weight is 229 g/mol. The van der Waals surface area contributed by atoms with Crippen molar-refractivity contribution in [3.63, 3.8) is 0 Å². The van der Waals surface area contributed by atoms with Gasteiger partial charge in [-0.25, -0.2) is 0 Å². The van der Waals surface area contributed by atoms with E-state index in [-0.39, 0.29) is 23.7 Å². The summed E-state index contributed by atoms with van der Waals surface area (Å²) in [4.78, 5) is 25.8. The van der Waals surface area contributed by atoms with E-state index < -0.39 is 0 Å². The minimum atomic E-state index is -0.0629. The van der Waals surface area contributed by atoms with E-state index in [2.05, 4.69) is 24.0 Å². The van der Waals surface area contributed by atoms with Crippen LogP contribution in [0.15, 0.2) is 12.2 Å². The lowest BCUT2D eigenvalue weighted by Crippen LogP contribution is -2.33. The Bertz CT molecular complexity index is 438. The summed E-state index contributed by atoms with van der Waals surface area (Å²) >= 11 is 0. The summed E-state index contributed by atoms with van der Waals surface area (Å²) in [5, 5.41) is 0. The number of fused-ring (bicyclic) bond motifs is 5. The molecule has 1 heterocycles. The Morgan fingerprint density at radius 3 is 2.35 bits per heavy atom. The van der Waals surface area contributed by atoms with Gasteiger partial charge in [-0.2, -0.15) is 0 Å². The number of hydrogen-bond acceptors (Lipinski definition) is 2. The number of carbonyl (C=O) groups excluding carboxylic acids is 2. The summed E-state index contributed by atoms with van der Waals surface area (Å²) in [6.07, 6.45) is 5.82. The van der Waals surface area contributed by atoms with Crippen molar-refractivity contribution >= 4 is 11.8 Å². The van der Waals surface area contributed by atoms with E-state index in [4.69, 9.17) is 0 Å². The van der Waals surface area contributed by atoms with Gasteiger partial charge in [0, 0.05) is 13.0 Å². The molecule has 17 heavy (non-hydrogen) atoms. The van der Waals surface area contributed by atoms with Crippen molar-refractivity contribution in [3.05, 3.63) is 12.2 Å². The highest BCUT2D eigenvalue weighted by molar-refractivity contribution is 6.06. The maximum atomic E-state index is 12.2. The van der Waals surface area contributed by atoms with Gasteiger partial charge in [0.1, 0.15) is 0 Å². The van der Waals surface area contributed by atoms with Crippen LogP contribution in [0.25, 0.3) is 0 Å². The van der Waals surface area contributed by atoms with Crippen molar-refractivity contribution in [1.29, 1.82) is 0 Å². The number of imide groups is 1. The Labute approximate surface area is 101 Å². The SMILES string of the molecule is CC#CCCN1C(=O)C2C3C=CC(C3)C2C1=O. The molecule has 0 aromatic heterocycles. The lowest BCUT2D eigenvalue weighted by atomic mass is 9.85. The molecule has 0 spiro atoms. The zero-order valence-electron chi connectivity index (χ0n) is 9.85. The zero-order valence-corrected chi connectivity index (χ0v) is 9.85. The molecular formula is C14H15NO2. The van der Waals surface area contributed by atoms with Crippen molar-refractivity contribution in [2.45, 2.75) is 19.8 Å². The van der Waals surface area contributed by atoms with Gasteiger partial charge in [-0.05, 0) is 25.2 Å². The minimum Gasteiger partial charge on any atom is -0.281 e. The topological polar surface area (TPSA) is 37.4 Å². The fourth-order valence-electron chi connectivity index (χ4n) is 3.48. The second kappa shape index (κ2) is 3.73. The van der Waals surface area contributed by atoms with E-state index in [9.17, 15) is 9.59 Å². The van der Waals surface area contributed by atoms with E-state index in [1.165, 1.54) is 4.90 Å². The van der Waals surface area contributed by atoms with Crippen LogP contribution >= 0.6 is 0 Å². The summed E-state index contributed by atoms with van der Waals surface area (Å²) in [6, 6.07) is 0. The fraction of sp³-hybridized carbons (Fsp3) is 0.571. The fourth-order valence-corrected chi connectivity index (χ4v) is 3.48. The molecule has 2 fully saturated rings. The molecule has 0 aromatic carbocycles. The van der Waals surface area contributed by atoms with Crippen molar-refractivity contribution < 1.29 is 9.59 Å². The highest BCUT2D eigenvalue weighted by Crippen LogP contribution is 2.52. The maximum absolute atomic E-state index is 12.2. The third kappa shape index (κ3) is 1.37. The highest BCUT2D eigenvalue weighted by atomic mass is 16.2. The zero-order chi connectivity index (χ0) is 12.0. The molecule has 2 aliphatic carbocycles. The van der Waals surface area contributed by atoms with Gasteiger partial charge >= 0.3 is 0 Å². The highest BCUT2D eigenvalue weighted by Gasteiger charge is 2.58. The molecule has 2 bridgehead atoms. The molecule has 3 rings (SSSR count). The number of allylic oxidation sites excluding steroid dienone is 2. The van der Waals surface area contributed by atoms with E-state index >= 15 is 0 Å². The Hall–Kier alpha value is -1.56. The second-order valence-corrected chi connectivity index (χ2v) is 5.00. The molecule has 0 N–H and O–H groups in total. The van der Waals surface area contributed by atoms with Crippen LogP contribution in [0.3, 0.4) is 0 Å². The van der Waals surface area contributed by atoms with Crippen LogP contribution < -0.4 is 0 Å². The summed E-state index contributed by atoms with van der Waals surface area (Å²) < 4.78 is 0. The van der Waals surface area contributed by atoms with Gasteiger partial charge in [0.15, 0.2) is 0 Å². The first-order valence-electron chi connectivity index (χ1n) is 6.17. The molecule has 3 nitrogen and oxygen atoms in total. The van der Waals surface area contributed by atoms with E-state index in [1.807, 2.05) is 0 Å². The Kier molecular flexibility index (Phi) is 2.32. The molecule has 1 saturated heterocycles. The molecule has 0 aromatic rings.